The Labute approximate surface area is 130 Å². The number of rotatable bonds is 1. The van der Waals surface area contributed by atoms with Crippen molar-refractivity contribution in [2.75, 3.05) is 25.0 Å². The lowest BCUT2D eigenvalue weighted by atomic mass is 10.1. The van der Waals surface area contributed by atoms with Gasteiger partial charge in [-0.05, 0) is 42.9 Å². The zero-order valence-electron chi connectivity index (χ0n) is 11.9. The minimum atomic E-state index is 0.697. The van der Waals surface area contributed by atoms with Crippen molar-refractivity contribution in [2.45, 2.75) is 6.54 Å². The standard InChI is InChI=1S/C17H16ClN3/c1-20-8-9-21(17-5-3-2-4-15(17)18)16-7-6-13(11-19)10-14(16)12-20/h2-7,10H,8-9,12H2,1H3. The Bertz CT molecular complexity index is 705. The van der Waals surface area contributed by atoms with E-state index in [4.69, 9.17) is 16.9 Å². The number of hydrogen-bond donors (Lipinski definition) is 0. The zero-order chi connectivity index (χ0) is 14.8. The average Bonchev–Trinajstić information content (AvgIpc) is 2.65. The first-order valence-electron chi connectivity index (χ1n) is 6.92. The molecule has 0 aromatic heterocycles. The van der Waals surface area contributed by atoms with Crippen LogP contribution in [0.15, 0.2) is 42.5 Å². The highest BCUT2D eigenvalue weighted by atomic mass is 35.5. The van der Waals surface area contributed by atoms with Crippen LogP contribution in [0.2, 0.25) is 5.02 Å². The predicted octanol–water partition coefficient (Wildman–Crippen LogP) is 3.80. The fourth-order valence-electron chi connectivity index (χ4n) is 2.73. The first-order valence-corrected chi connectivity index (χ1v) is 7.30. The second-order valence-corrected chi connectivity index (χ2v) is 5.70. The lowest BCUT2D eigenvalue weighted by molar-refractivity contribution is 0.343. The van der Waals surface area contributed by atoms with Crippen molar-refractivity contribution in [1.29, 1.82) is 5.26 Å². The van der Waals surface area contributed by atoms with Crippen LogP contribution in [0.5, 0.6) is 0 Å². The van der Waals surface area contributed by atoms with E-state index in [2.05, 4.69) is 22.9 Å². The van der Waals surface area contributed by atoms with E-state index in [1.54, 1.807) is 0 Å². The summed E-state index contributed by atoms with van der Waals surface area (Å²) in [6.07, 6.45) is 0. The maximum absolute atomic E-state index is 9.10. The molecule has 0 saturated carbocycles. The van der Waals surface area contributed by atoms with Crippen molar-refractivity contribution in [3.8, 4) is 6.07 Å². The van der Waals surface area contributed by atoms with Gasteiger partial charge in [-0.15, -0.1) is 0 Å². The Hall–Kier alpha value is -2.02. The summed E-state index contributed by atoms with van der Waals surface area (Å²) < 4.78 is 0. The molecule has 4 heteroatoms. The molecule has 0 amide bonds. The van der Waals surface area contributed by atoms with Gasteiger partial charge in [-0.25, -0.2) is 0 Å². The molecule has 0 atom stereocenters. The highest BCUT2D eigenvalue weighted by Gasteiger charge is 2.20. The summed E-state index contributed by atoms with van der Waals surface area (Å²) in [6, 6.07) is 16.0. The van der Waals surface area contributed by atoms with Crippen LogP contribution >= 0.6 is 11.6 Å². The molecule has 2 aromatic rings. The van der Waals surface area contributed by atoms with E-state index in [9.17, 15) is 0 Å². The summed E-state index contributed by atoms with van der Waals surface area (Å²) in [6.45, 7) is 2.66. The summed E-state index contributed by atoms with van der Waals surface area (Å²) in [4.78, 5) is 4.50. The Morgan fingerprint density at radius 1 is 1.10 bits per heavy atom. The fraction of sp³-hybridized carbons (Fsp3) is 0.235. The second-order valence-electron chi connectivity index (χ2n) is 5.30. The molecule has 106 valence electrons. The van der Waals surface area contributed by atoms with Gasteiger partial charge in [0.2, 0.25) is 0 Å². The number of halogens is 1. The number of benzene rings is 2. The van der Waals surface area contributed by atoms with Crippen LogP contribution < -0.4 is 4.90 Å². The van der Waals surface area contributed by atoms with E-state index in [0.29, 0.717) is 5.56 Å². The van der Waals surface area contributed by atoms with Gasteiger partial charge >= 0.3 is 0 Å². The molecule has 2 aromatic carbocycles. The summed E-state index contributed by atoms with van der Waals surface area (Å²) in [5.74, 6) is 0. The van der Waals surface area contributed by atoms with E-state index in [1.165, 1.54) is 0 Å². The lowest BCUT2D eigenvalue weighted by Gasteiger charge is -2.25. The van der Waals surface area contributed by atoms with Gasteiger partial charge < -0.3 is 9.80 Å². The molecule has 0 spiro atoms. The Morgan fingerprint density at radius 3 is 2.67 bits per heavy atom. The number of anilines is 2. The topological polar surface area (TPSA) is 30.3 Å². The van der Waals surface area contributed by atoms with Crippen molar-refractivity contribution in [3.63, 3.8) is 0 Å². The number of likely N-dealkylation sites (N-methyl/N-ethyl adjacent to an activating group) is 1. The third-order valence-electron chi connectivity index (χ3n) is 3.79. The molecular formula is C17H16ClN3. The average molecular weight is 298 g/mol. The van der Waals surface area contributed by atoms with Crippen LogP contribution in [0, 0.1) is 11.3 Å². The highest BCUT2D eigenvalue weighted by Crippen LogP contribution is 2.35. The van der Waals surface area contributed by atoms with Crippen LogP contribution in [0.4, 0.5) is 11.4 Å². The molecule has 3 rings (SSSR count). The van der Waals surface area contributed by atoms with Crippen molar-refractivity contribution in [3.05, 3.63) is 58.6 Å². The number of nitrogens with zero attached hydrogens (tertiary/aromatic N) is 3. The lowest BCUT2D eigenvalue weighted by Crippen LogP contribution is -2.26. The van der Waals surface area contributed by atoms with E-state index in [-0.39, 0.29) is 0 Å². The van der Waals surface area contributed by atoms with E-state index >= 15 is 0 Å². The quantitative estimate of drug-likeness (QED) is 0.802. The fourth-order valence-corrected chi connectivity index (χ4v) is 2.96. The largest absolute Gasteiger partial charge is 0.339 e. The van der Waals surface area contributed by atoms with Crippen LogP contribution in [0.25, 0.3) is 0 Å². The van der Waals surface area contributed by atoms with E-state index < -0.39 is 0 Å². The smallest absolute Gasteiger partial charge is 0.0991 e. The van der Waals surface area contributed by atoms with Crippen molar-refractivity contribution in [2.24, 2.45) is 0 Å². The van der Waals surface area contributed by atoms with E-state index in [1.807, 2.05) is 42.5 Å². The van der Waals surface area contributed by atoms with Crippen LogP contribution in [0.3, 0.4) is 0 Å². The summed E-state index contributed by atoms with van der Waals surface area (Å²) in [5.41, 5.74) is 4.00. The van der Waals surface area contributed by atoms with Gasteiger partial charge in [0.05, 0.1) is 22.3 Å². The normalized spacial score (nSPS) is 15.2. The molecule has 0 fully saturated rings. The van der Waals surface area contributed by atoms with Gasteiger partial charge in [-0.3, -0.25) is 0 Å². The molecule has 3 nitrogen and oxygen atoms in total. The molecule has 21 heavy (non-hydrogen) atoms. The number of fused-ring (bicyclic) bond motifs is 1. The maximum Gasteiger partial charge on any atom is 0.0991 e. The highest BCUT2D eigenvalue weighted by molar-refractivity contribution is 6.33. The molecule has 1 heterocycles. The van der Waals surface area contributed by atoms with Crippen LogP contribution in [-0.4, -0.2) is 25.0 Å². The third kappa shape index (κ3) is 2.73. The molecule has 1 aliphatic heterocycles. The molecule has 0 saturated heterocycles. The first kappa shape index (κ1) is 13.9. The first-order chi connectivity index (χ1) is 10.2. The minimum absolute atomic E-state index is 0.697. The van der Waals surface area contributed by atoms with Gasteiger partial charge in [0.25, 0.3) is 0 Å². The summed E-state index contributed by atoms with van der Waals surface area (Å²) in [7, 11) is 2.10. The molecule has 0 aliphatic carbocycles. The molecule has 0 N–H and O–H groups in total. The van der Waals surface area contributed by atoms with Crippen LogP contribution in [-0.2, 0) is 6.54 Å². The summed E-state index contributed by atoms with van der Waals surface area (Å²) >= 11 is 6.36. The minimum Gasteiger partial charge on any atom is -0.339 e. The SMILES string of the molecule is CN1CCN(c2ccccc2Cl)c2ccc(C#N)cc2C1. The third-order valence-corrected chi connectivity index (χ3v) is 4.11. The Balaban J connectivity index is 2.12. The van der Waals surface area contributed by atoms with Gasteiger partial charge in [0.1, 0.15) is 0 Å². The van der Waals surface area contributed by atoms with E-state index in [0.717, 1.165) is 41.6 Å². The molecular weight excluding hydrogens is 282 g/mol. The Morgan fingerprint density at radius 2 is 1.90 bits per heavy atom. The molecule has 0 bridgehead atoms. The molecule has 0 radical (unpaired) electrons. The van der Waals surface area contributed by atoms with Crippen molar-refractivity contribution < 1.29 is 0 Å². The number of para-hydroxylation sites is 1. The second kappa shape index (κ2) is 5.77. The number of nitriles is 1. The van der Waals surface area contributed by atoms with Crippen LogP contribution in [0.1, 0.15) is 11.1 Å². The molecule has 1 aliphatic rings. The van der Waals surface area contributed by atoms with Gasteiger partial charge in [0, 0.05) is 25.3 Å². The van der Waals surface area contributed by atoms with Gasteiger partial charge in [-0.1, -0.05) is 23.7 Å². The monoisotopic (exact) mass is 297 g/mol. The van der Waals surface area contributed by atoms with Gasteiger partial charge in [0.15, 0.2) is 0 Å². The maximum atomic E-state index is 9.10. The van der Waals surface area contributed by atoms with Gasteiger partial charge in [-0.2, -0.15) is 5.26 Å². The molecule has 0 unspecified atom stereocenters. The predicted molar refractivity (Wildman–Crippen MR) is 85.9 cm³/mol. The number of hydrogen-bond acceptors (Lipinski definition) is 3. The summed E-state index contributed by atoms with van der Waals surface area (Å²) in [5, 5.41) is 9.85. The van der Waals surface area contributed by atoms with Crippen molar-refractivity contribution in [1.82, 2.24) is 4.90 Å². The Kier molecular flexibility index (Phi) is 3.83. The zero-order valence-corrected chi connectivity index (χ0v) is 12.6. The van der Waals surface area contributed by atoms with Crippen molar-refractivity contribution >= 4 is 23.0 Å².